The van der Waals surface area contributed by atoms with Crippen molar-refractivity contribution >= 4 is 0 Å². The molecule has 1 aliphatic rings. The summed E-state index contributed by atoms with van der Waals surface area (Å²) in [5, 5.41) is 9.71. The average molecular weight is 164 g/mol. The Morgan fingerprint density at radius 3 is 2.33 bits per heavy atom. The molecule has 0 radical (unpaired) electrons. The minimum absolute atomic E-state index is 0. The molecule has 1 rings (SSSR count). The van der Waals surface area contributed by atoms with Crippen LogP contribution in [0.4, 0.5) is 0 Å². The number of rotatable bonds is 1. The predicted molar refractivity (Wildman–Crippen MR) is 48.5 cm³/mol. The van der Waals surface area contributed by atoms with E-state index in [-0.39, 0.29) is 26.4 Å². The van der Waals surface area contributed by atoms with Gasteiger partial charge in [0.05, 0.1) is 6.10 Å². The van der Waals surface area contributed by atoms with Crippen molar-refractivity contribution in [2.75, 3.05) is 0 Å². The van der Waals surface area contributed by atoms with Gasteiger partial charge in [0.2, 0.25) is 0 Å². The van der Waals surface area contributed by atoms with Crippen molar-refractivity contribution in [1.29, 1.82) is 0 Å². The summed E-state index contributed by atoms with van der Waals surface area (Å²) in [5.74, 6) is 1.95. The third-order valence-electron chi connectivity index (χ3n) is 2.99. The van der Waals surface area contributed by atoms with E-state index >= 15 is 0 Å². The van der Waals surface area contributed by atoms with Gasteiger partial charge in [-0.05, 0) is 30.6 Å². The molecule has 12 heavy (non-hydrogen) atoms. The Labute approximate surface area is 89.6 Å². The predicted octanol–water partition coefficient (Wildman–Crippen LogP) is -0.444. The topological polar surface area (TPSA) is 20.2 Å². The van der Waals surface area contributed by atoms with E-state index in [9.17, 15) is 5.11 Å². The molecular weight excluding hydrogens is 143 g/mol. The van der Waals surface area contributed by atoms with E-state index in [1.54, 1.807) is 0 Å². The van der Waals surface area contributed by atoms with Crippen molar-refractivity contribution in [1.82, 2.24) is 0 Å². The smallest absolute Gasteiger partial charge is 1.00 e. The standard InChI is InChI=1S/C10H20O.Li.H/c1-7(2)9-5-4-8(3)6-10(9)11;;/h7-11H,4-6H2,1-3H3;;/q;+1;-1/t8-,9+,10-;;/m1../s1. The van der Waals surface area contributed by atoms with Gasteiger partial charge in [-0.3, -0.25) is 0 Å². The van der Waals surface area contributed by atoms with Crippen LogP contribution in [0.5, 0.6) is 0 Å². The minimum Gasteiger partial charge on any atom is -1.00 e. The Morgan fingerprint density at radius 2 is 1.92 bits per heavy atom. The molecule has 0 aliphatic heterocycles. The summed E-state index contributed by atoms with van der Waals surface area (Å²) in [6, 6.07) is 0. The molecule has 0 aromatic rings. The Morgan fingerprint density at radius 1 is 1.33 bits per heavy atom. The zero-order chi connectivity index (χ0) is 8.43. The van der Waals surface area contributed by atoms with E-state index in [1.165, 1.54) is 12.8 Å². The second kappa shape index (κ2) is 5.32. The number of hydrogen-bond acceptors (Lipinski definition) is 1. The molecular formula is C10H21LiO. The van der Waals surface area contributed by atoms with Gasteiger partial charge >= 0.3 is 18.9 Å². The molecule has 1 fully saturated rings. The molecule has 0 unspecified atom stereocenters. The fourth-order valence-electron chi connectivity index (χ4n) is 2.15. The normalized spacial score (nSPS) is 36.2. The molecule has 2 heteroatoms. The largest absolute Gasteiger partial charge is 1.00 e. The van der Waals surface area contributed by atoms with E-state index in [1.807, 2.05) is 0 Å². The van der Waals surface area contributed by atoms with Gasteiger partial charge in [0.15, 0.2) is 0 Å². The molecule has 0 saturated heterocycles. The quantitative estimate of drug-likeness (QED) is 0.521. The van der Waals surface area contributed by atoms with Crippen LogP contribution < -0.4 is 18.9 Å². The fourth-order valence-corrected chi connectivity index (χ4v) is 2.15. The fraction of sp³-hybridized carbons (Fsp3) is 1.00. The van der Waals surface area contributed by atoms with Crippen LogP contribution in [0.1, 0.15) is 41.5 Å². The van der Waals surface area contributed by atoms with Crippen LogP contribution in [0.15, 0.2) is 0 Å². The second-order valence-electron chi connectivity index (χ2n) is 4.39. The summed E-state index contributed by atoms with van der Waals surface area (Å²) >= 11 is 0. The molecule has 0 amide bonds. The molecule has 0 heterocycles. The zero-order valence-electron chi connectivity index (χ0n) is 9.88. The van der Waals surface area contributed by atoms with Crippen molar-refractivity contribution in [2.24, 2.45) is 17.8 Å². The van der Waals surface area contributed by atoms with E-state index in [2.05, 4.69) is 20.8 Å². The molecule has 0 aromatic heterocycles. The summed E-state index contributed by atoms with van der Waals surface area (Å²) in [7, 11) is 0. The summed E-state index contributed by atoms with van der Waals surface area (Å²) in [6.45, 7) is 6.66. The van der Waals surface area contributed by atoms with Gasteiger partial charge in [0, 0.05) is 0 Å². The molecule has 1 N–H and O–H groups in total. The summed E-state index contributed by atoms with van der Waals surface area (Å²) in [4.78, 5) is 0. The van der Waals surface area contributed by atoms with Gasteiger partial charge < -0.3 is 6.53 Å². The van der Waals surface area contributed by atoms with Crippen LogP contribution in [0.25, 0.3) is 0 Å². The van der Waals surface area contributed by atoms with Gasteiger partial charge in [0.25, 0.3) is 0 Å². The van der Waals surface area contributed by atoms with E-state index in [0.717, 1.165) is 12.3 Å². The van der Waals surface area contributed by atoms with Crippen LogP contribution in [0.2, 0.25) is 0 Å². The van der Waals surface area contributed by atoms with E-state index in [4.69, 9.17) is 0 Å². The summed E-state index contributed by atoms with van der Waals surface area (Å²) in [5.41, 5.74) is 0. The maximum absolute atomic E-state index is 9.71. The molecule has 0 bridgehead atoms. The van der Waals surface area contributed by atoms with Gasteiger partial charge in [-0.15, -0.1) is 0 Å². The maximum atomic E-state index is 9.71. The number of hydrogen-bond donors (Lipinski definition) is 1. The first-order valence-electron chi connectivity index (χ1n) is 4.79. The Hall–Kier alpha value is 0.557. The Bertz CT molecular complexity index is 130. The van der Waals surface area contributed by atoms with E-state index in [0.29, 0.717) is 11.8 Å². The maximum Gasteiger partial charge on any atom is 1.00 e. The van der Waals surface area contributed by atoms with Crippen LogP contribution in [0.3, 0.4) is 0 Å². The van der Waals surface area contributed by atoms with Gasteiger partial charge in [-0.1, -0.05) is 27.2 Å². The second-order valence-corrected chi connectivity index (χ2v) is 4.39. The van der Waals surface area contributed by atoms with Crippen molar-refractivity contribution in [3.8, 4) is 0 Å². The average Bonchev–Trinajstić information content (AvgIpc) is 1.85. The molecule has 3 atom stereocenters. The first-order valence-corrected chi connectivity index (χ1v) is 4.79. The zero-order valence-corrected chi connectivity index (χ0v) is 8.88. The van der Waals surface area contributed by atoms with Gasteiger partial charge in [-0.25, -0.2) is 0 Å². The molecule has 1 saturated carbocycles. The van der Waals surface area contributed by atoms with Crippen molar-refractivity contribution in [3.63, 3.8) is 0 Å². The summed E-state index contributed by atoms with van der Waals surface area (Å²) < 4.78 is 0. The molecule has 1 nitrogen and oxygen atoms in total. The first kappa shape index (κ1) is 12.6. The van der Waals surface area contributed by atoms with Crippen LogP contribution >= 0.6 is 0 Å². The van der Waals surface area contributed by atoms with Crippen molar-refractivity contribution in [2.45, 2.75) is 46.1 Å². The van der Waals surface area contributed by atoms with Crippen molar-refractivity contribution in [3.05, 3.63) is 0 Å². The monoisotopic (exact) mass is 164 g/mol. The van der Waals surface area contributed by atoms with E-state index < -0.39 is 0 Å². The van der Waals surface area contributed by atoms with Crippen LogP contribution in [-0.4, -0.2) is 11.2 Å². The molecule has 1 aliphatic carbocycles. The Kier molecular flexibility index (Phi) is 5.57. The van der Waals surface area contributed by atoms with Crippen molar-refractivity contribution < 1.29 is 25.4 Å². The van der Waals surface area contributed by atoms with Crippen LogP contribution in [-0.2, 0) is 0 Å². The SMILES string of the molecule is CC(C)[C@@H]1CC[C@@H](C)C[C@H]1O.[H-].[Li+]. The molecule has 0 spiro atoms. The van der Waals surface area contributed by atoms with Gasteiger partial charge in [-0.2, -0.15) is 0 Å². The number of aliphatic hydroxyl groups is 1. The third kappa shape index (κ3) is 3.13. The number of aliphatic hydroxyl groups excluding tert-OH is 1. The molecule has 0 aromatic carbocycles. The third-order valence-corrected chi connectivity index (χ3v) is 2.99. The Balaban J connectivity index is 0. The minimum atomic E-state index is -0.0289. The van der Waals surface area contributed by atoms with Gasteiger partial charge in [0.1, 0.15) is 0 Å². The van der Waals surface area contributed by atoms with Crippen LogP contribution in [0, 0.1) is 17.8 Å². The molecule has 68 valence electrons. The summed E-state index contributed by atoms with van der Waals surface area (Å²) in [6.07, 6.45) is 3.52. The first-order chi connectivity index (χ1) is 5.11.